The van der Waals surface area contributed by atoms with Gasteiger partial charge in [0.05, 0.1) is 17.8 Å². The maximum Gasteiger partial charge on any atom is 0.334 e. The number of carbonyl (C=O) groups is 7. The quantitative estimate of drug-likeness (QED) is 0.190. The number of cyclic esters (lactones) is 2. The summed E-state index contributed by atoms with van der Waals surface area (Å²) in [7, 11) is 0. The molecule has 0 aromatic rings. The van der Waals surface area contributed by atoms with E-state index in [2.05, 4.69) is 14.2 Å². The lowest BCUT2D eigenvalue weighted by atomic mass is 10.2. The normalized spacial score (nSPS) is 17.1. The van der Waals surface area contributed by atoms with Crippen LogP contribution >= 0.6 is 0 Å². The molecule has 2 aliphatic rings. The highest BCUT2D eigenvalue weighted by Gasteiger charge is 2.26. The SMILES string of the molecule is CC(C)C(=O)OCC1OCC(=O)O1.CC(C)C(=O)OCC=O.CC(C)C(=O)OC[C@@H]1OCC(=O)O1.O=C(O)CO. The molecule has 230 valence electrons. The standard InChI is InChI=1S/2C8H12O5.C6H10O3.C2H4O3/c2*1-5(2)8(10)12-4-7-11-3-6(9)13-7;1-5(2)6(8)9-4-3-7;3-1-2(4)5/h2*5,7H,3-4H2,1-2H3;3,5H,4H2,1-2H3;3H,1H2,(H,4,5)/t7-;;;/m1.../s1. The summed E-state index contributed by atoms with van der Waals surface area (Å²) < 4.78 is 33.0. The van der Waals surface area contributed by atoms with Crippen molar-refractivity contribution in [3.05, 3.63) is 0 Å². The molecule has 2 aliphatic heterocycles. The number of rotatable bonds is 10. The fourth-order valence-corrected chi connectivity index (χ4v) is 1.83. The number of carboxylic acids is 1. The first kappa shape index (κ1) is 38.5. The van der Waals surface area contributed by atoms with Crippen LogP contribution in [0.4, 0.5) is 0 Å². The van der Waals surface area contributed by atoms with Gasteiger partial charge in [-0.2, -0.15) is 0 Å². The molecule has 0 saturated carbocycles. The Labute approximate surface area is 231 Å². The fourth-order valence-electron chi connectivity index (χ4n) is 1.83. The number of hydrogen-bond donors (Lipinski definition) is 2. The highest BCUT2D eigenvalue weighted by molar-refractivity contribution is 5.74. The average Bonchev–Trinajstić information content (AvgIpc) is 3.52. The van der Waals surface area contributed by atoms with Crippen LogP contribution in [-0.4, -0.2) is 105 Å². The fraction of sp³-hybridized carbons (Fsp3) is 0.708. The third-order valence-electron chi connectivity index (χ3n) is 3.87. The lowest BCUT2D eigenvalue weighted by Gasteiger charge is -2.10. The number of carbonyl (C=O) groups excluding carboxylic acids is 6. The summed E-state index contributed by atoms with van der Waals surface area (Å²) in [5.74, 6) is -3.54. The van der Waals surface area contributed by atoms with Gasteiger partial charge in [0.15, 0.2) is 19.5 Å². The number of ether oxygens (including phenoxy) is 7. The molecule has 2 atom stereocenters. The lowest BCUT2D eigenvalue weighted by molar-refractivity contribution is -0.164. The van der Waals surface area contributed by atoms with Crippen LogP contribution in [0.5, 0.6) is 0 Å². The van der Waals surface area contributed by atoms with Crippen molar-refractivity contribution >= 4 is 42.1 Å². The number of hydrogen-bond acceptors (Lipinski definition) is 15. The molecule has 2 saturated heterocycles. The predicted molar refractivity (Wildman–Crippen MR) is 130 cm³/mol. The minimum Gasteiger partial charge on any atom is -0.480 e. The summed E-state index contributed by atoms with van der Waals surface area (Å²) in [6.45, 7) is 9.25. The number of aliphatic hydroxyl groups excluding tert-OH is 1. The minimum atomic E-state index is -1.19. The first-order chi connectivity index (χ1) is 18.6. The highest BCUT2D eigenvalue weighted by Crippen LogP contribution is 2.07. The van der Waals surface area contributed by atoms with E-state index in [1.807, 2.05) is 0 Å². The van der Waals surface area contributed by atoms with E-state index < -0.39 is 37.1 Å². The van der Waals surface area contributed by atoms with Crippen LogP contribution in [0, 0.1) is 17.8 Å². The summed E-state index contributed by atoms with van der Waals surface area (Å²) in [6.07, 6.45) is -0.898. The maximum absolute atomic E-state index is 11.0. The van der Waals surface area contributed by atoms with Crippen molar-refractivity contribution in [1.29, 1.82) is 0 Å². The van der Waals surface area contributed by atoms with Gasteiger partial charge >= 0.3 is 35.8 Å². The third kappa shape index (κ3) is 21.3. The zero-order valence-corrected chi connectivity index (χ0v) is 23.3. The Balaban J connectivity index is 0. The van der Waals surface area contributed by atoms with Crippen LogP contribution in [0.3, 0.4) is 0 Å². The topological polar surface area (TPSA) is 225 Å². The van der Waals surface area contributed by atoms with Crippen LogP contribution in [0.1, 0.15) is 41.5 Å². The average molecular weight is 583 g/mol. The van der Waals surface area contributed by atoms with E-state index in [0.717, 1.165) is 0 Å². The van der Waals surface area contributed by atoms with Gasteiger partial charge in [0, 0.05) is 0 Å². The van der Waals surface area contributed by atoms with Gasteiger partial charge in [-0.1, -0.05) is 41.5 Å². The first-order valence-electron chi connectivity index (χ1n) is 12.0. The summed E-state index contributed by atoms with van der Waals surface area (Å²) >= 11 is 0. The van der Waals surface area contributed by atoms with Gasteiger partial charge in [0.2, 0.25) is 12.6 Å². The van der Waals surface area contributed by atoms with Gasteiger partial charge in [0.1, 0.15) is 26.4 Å². The molecular formula is C24H38O16. The van der Waals surface area contributed by atoms with Crippen molar-refractivity contribution in [2.45, 2.75) is 54.1 Å². The van der Waals surface area contributed by atoms with E-state index >= 15 is 0 Å². The molecule has 2 N–H and O–H groups in total. The second-order valence-corrected chi connectivity index (χ2v) is 8.53. The predicted octanol–water partition coefficient (Wildman–Crippen LogP) is -0.382. The molecule has 0 spiro atoms. The largest absolute Gasteiger partial charge is 0.480 e. The smallest absolute Gasteiger partial charge is 0.334 e. The van der Waals surface area contributed by atoms with Crippen molar-refractivity contribution in [3.63, 3.8) is 0 Å². The zero-order chi connectivity index (χ0) is 31.3. The van der Waals surface area contributed by atoms with E-state index in [1.165, 1.54) is 0 Å². The van der Waals surface area contributed by atoms with Crippen LogP contribution in [-0.2, 0) is 66.7 Å². The van der Waals surface area contributed by atoms with Crippen molar-refractivity contribution in [3.8, 4) is 0 Å². The summed E-state index contributed by atoms with van der Waals surface area (Å²) in [5, 5.41) is 15.0. The second-order valence-electron chi connectivity index (χ2n) is 8.53. The van der Waals surface area contributed by atoms with Gasteiger partial charge < -0.3 is 43.4 Å². The molecule has 0 aromatic carbocycles. The minimum absolute atomic E-state index is 0.0250. The van der Waals surface area contributed by atoms with Crippen molar-refractivity contribution < 1.29 is 76.9 Å². The number of aldehydes is 1. The van der Waals surface area contributed by atoms with E-state index in [1.54, 1.807) is 41.5 Å². The van der Waals surface area contributed by atoms with E-state index in [4.69, 9.17) is 34.0 Å². The van der Waals surface area contributed by atoms with Crippen LogP contribution in [0.15, 0.2) is 0 Å². The monoisotopic (exact) mass is 582 g/mol. The lowest BCUT2D eigenvalue weighted by Crippen LogP contribution is -2.22. The highest BCUT2D eigenvalue weighted by atomic mass is 16.8. The summed E-state index contributed by atoms with van der Waals surface area (Å²) in [6, 6.07) is 0. The Bertz CT molecular complexity index is 774. The van der Waals surface area contributed by atoms with Crippen LogP contribution in [0.2, 0.25) is 0 Å². The molecule has 1 unspecified atom stereocenters. The van der Waals surface area contributed by atoms with Crippen molar-refractivity contribution in [1.82, 2.24) is 0 Å². The van der Waals surface area contributed by atoms with Crippen LogP contribution < -0.4 is 0 Å². The number of aliphatic carboxylic acids is 1. The molecule has 0 radical (unpaired) electrons. The Kier molecular flexibility index (Phi) is 21.4. The Morgan fingerprint density at radius 1 is 0.775 bits per heavy atom. The molecule has 40 heavy (non-hydrogen) atoms. The van der Waals surface area contributed by atoms with Gasteiger partial charge in [-0.3, -0.25) is 19.2 Å². The second kappa shape index (κ2) is 22.2. The number of carboxylic acid groups (broad SMARTS) is 1. The van der Waals surface area contributed by atoms with Crippen molar-refractivity contribution in [2.24, 2.45) is 17.8 Å². The van der Waals surface area contributed by atoms with E-state index in [9.17, 15) is 28.8 Å². The molecule has 16 heteroatoms. The van der Waals surface area contributed by atoms with Crippen molar-refractivity contribution in [2.75, 3.05) is 39.6 Å². The Hall–Kier alpha value is -3.63. The first-order valence-corrected chi connectivity index (χ1v) is 12.0. The molecule has 2 heterocycles. The van der Waals surface area contributed by atoms with E-state index in [-0.39, 0.29) is 68.7 Å². The maximum atomic E-state index is 11.0. The third-order valence-corrected chi connectivity index (χ3v) is 3.87. The molecular weight excluding hydrogens is 544 g/mol. The molecule has 0 bridgehead atoms. The Morgan fingerprint density at radius 3 is 1.32 bits per heavy atom. The Morgan fingerprint density at radius 2 is 1.10 bits per heavy atom. The summed E-state index contributed by atoms with van der Waals surface area (Å²) in [4.78, 5) is 72.3. The van der Waals surface area contributed by atoms with Gasteiger partial charge in [-0.25, -0.2) is 14.4 Å². The molecule has 2 fully saturated rings. The molecule has 0 amide bonds. The molecule has 16 nitrogen and oxygen atoms in total. The van der Waals surface area contributed by atoms with E-state index in [0.29, 0.717) is 6.29 Å². The molecule has 0 aromatic heterocycles. The summed E-state index contributed by atoms with van der Waals surface area (Å²) in [5.41, 5.74) is 0. The van der Waals surface area contributed by atoms with Gasteiger partial charge in [-0.05, 0) is 0 Å². The number of aliphatic hydroxyl groups is 1. The number of esters is 5. The van der Waals surface area contributed by atoms with Gasteiger partial charge in [0.25, 0.3) is 0 Å². The van der Waals surface area contributed by atoms with Gasteiger partial charge in [-0.15, -0.1) is 0 Å². The van der Waals surface area contributed by atoms with Crippen LogP contribution in [0.25, 0.3) is 0 Å². The zero-order valence-electron chi connectivity index (χ0n) is 23.3. The molecule has 0 aliphatic carbocycles. The molecule has 2 rings (SSSR count).